The lowest BCUT2D eigenvalue weighted by molar-refractivity contribution is 0.351. The summed E-state index contributed by atoms with van der Waals surface area (Å²) in [6.45, 7) is 2.60. The van der Waals surface area contributed by atoms with Crippen molar-refractivity contribution in [3.63, 3.8) is 0 Å². The normalized spacial score (nSPS) is 15.8. The molecule has 0 bridgehead atoms. The van der Waals surface area contributed by atoms with Gasteiger partial charge in [-0.2, -0.15) is 0 Å². The maximum Gasteiger partial charge on any atom is 0.187 e. The predicted molar refractivity (Wildman–Crippen MR) is 102 cm³/mol. The average Bonchev–Trinajstić information content (AvgIpc) is 2.94. The van der Waals surface area contributed by atoms with Crippen molar-refractivity contribution in [2.75, 3.05) is 11.9 Å². The molecule has 1 N–H and O–H groups in total. The summed E-state index contributed by atoms with van der Waals surface area (Å²) >= 11 is 17.9. The number of rotatable bonds is 3. The standard InChI is InChI=1S/C18H15Cl2NOS/c1-11-6-7-14(19)17(16(11)20)21-15-5-3-2-4-12(15)10-13-8-9-22-18(13)23/h2-7,10,21H,8-9H2,1H3/b13-10-. The van der Waals surface area contributed by atoms with E-state index < -0.39 is 0 Å². The third-order valence-corrected chi connectivity index (χ3v) is 4.88. The quantitative estimate of drug-likeness (QED) is 0.519. The smallest absolute Gasteiger partial charge is 0.187 e. The Kier molecular flexibility index (Phi) is 4.90. The van der Waals surface area contributed by atoms with Crippen molar-refractivity contribution in [3.8, 4) is 0 Å². The molecule has 5 heteroatoms. The molecule has 118 valence electrons. The predicted octanol–water partition coefficient (Wildman–Crippen LogP) is 6.18. The first-order valence-electron chi connectivity index (χ1n) is 7.24. The molecular weight excluding hydrogens is 349 g/mol. The number of aryl methyl sites for hydroxylation is 1. The first-order chi connectivity index (χ1) is 11.1. The zero-order valence-corrected chi connectivity index (χ0v) is 14.9. The molecule has 1 aliphatic heterocycles. The Morgan fingerprint density at radius 3 is 2.70 bits per heavy atom. The van der Waals surface area contributed by atoms with Crippen LogP contribution in [0.2, 0.25) is 10.0 Å². The highest BCUT2D eigenvalue weighted by molar-refractivity contribution is 7.80. The Morgan fingerprint density at radius 2 is 1.96 bits per heavy atom. The molecule has 1 heterocycles. The third-order valence-electron chi connectivity index (χ3n) is 3.70. The van der Waals surface area contributed by atoms with Crippen molar-refractivity contribution in [2.45, 2.75) is 13.3 Å². The van der Waals surface area contributed by atoms with Crippen LogP contribution in [-0.2, 0) is 4.74 Å². The maximum absolute atomic E-state index is 6.39. The highest BCUT2D eigenvalue weighted by Gasteiger charge is 2.16. The Bertz CT molecular complexity index is 802. The molecular formula is C18H15Cl2NOS. The van der Waals surface area contributed by atoms with Gasteiger partial charge >= 0.3 is 0 Å². The van der Waals surface area contributed by atoms with E-state index in [-0.39, 0.29) is 0 Å². The van der Waals surface area contributed by atoms with Gasteiger partial charge in [0.05, 0.1) is 22.3 Å². The summed E-state index contributed by atoms with van der Waals surface area (Å²) in [5.41, 5.74) is 4.66. The fourth-order valence-corrected chi connectivity index (χ4v) is 3.12. The van der Waals surface area contributed by atoms with Gasteiger partial charge in [0.25, 0.3) is 0 Å². The molecule has 0 aromatic heterocycles. The van der Waals surface area contributed by atoms with Crippen LogP contribution in [0.3, 0.4) is 0 Å². The van der Waals surface area contributed by atoms with E-state index in [9.17, 15) is 0 Å². The van der Waals surface area contributed by atoms with Crippen molar-refractivity contribution in [1.29, 1.82) is 0 Å². The van der Waals surface area contributed by atoms with E-state index in [4.69, 9.17) is 40.2 Å². The highest BCUT2D eigenvalue weighted by atomic mass is 35.5. The lowest BCUT2D eigenvalue weighted by Crippen LogP contribution is -1.97. The van der Waals surface area contributed by atoms with Gasteiger partial charge in [0.15, 0.2) is 5.05 Å². The maximum atomic E-state index is 6.39. The van der Waals surface area contributed by atoms with Gasteiger partial charge in [-0.25, -0.2) is 0 Å². The Morgan fingerprint density at radius 1 is 1.17 bits per heavy atom. The molecule has 0 unspecified atom stereocenters. The Labute approximate surface area is 151 Å². The summed E-state index contributed by atoms with van der Waals surface area (Å²) in [4.78, 5) is 0. The molecule has 0 amide bonds. The Balaban J connectivity index is 1.99. The minimum Gasteiger partial charge on any atom is -0.483 e. The molecule has 0 atom stereocenters. The van der Waals surface area contributed by atoms with Crippen LogP contribution < -0.4 is 5.32 Å². The topological polar surface area (TPSA) is 21.3 Å². The monoisotopic (exact) mass is 363 g/mol. The number of anilines is 2. The molecule has 0 saturated carbocycles. The van der Waals surface area contributed by atoms with Gasteiger partial charge in [-0.05, 0) is 48.5 Å². The second-order valence-electron chi connectivity index (χ2n) is 5.32. The fourth-order valence-electron chi connectivity index (χ4n) is 2.41. The van der Waals surface area contributed by atoms with Crippen molar-refractivity contribution in [2.24, 2.45) is 0 Å². The van der Waals surface area contributed by atoms with Gasteiger partial charge in [-0.3, -0.25) is 0 Å². The first-order valence-corrected chi connectivity index (χ1v) is 8.41. The van der Waals surface area contributed by atoms with Crippen LogP contribution in [0.4, 0.5) is 11.4 Å². The second-order valence-corrected chi connectivity index (χ2v) is 6.48. The molecule has 3 rings (SSSR count). The largest absolute Gasteiger partial charge is 0.483 e. The summed E-state index contributed by atoms with van der Waals surface area (Å²) in [5.74, 6) is 0. The number of thiocarbonyl (C=S) groups is 1. The molecule has 2 nitrogen and oxygen atoms in total. The van der Waals surface area contributed by atoms with E-state index in [0.717, 1.165) is 28.8 Å². The average molecular weight is 364 g/mol. The van der Waals surface area contributed by atoms with E-state index in [2.05, 4.69) is 11.4 Å². The molecule has 0 radical (unpaired) electrons. The molecule has 1 saturated heterocycles. The van der Waals surface area contributed by atoms with E-state index >= 15 is 0 Å². The molecule has 0 aliphatic carbocycles. The van der Waals surface area contributed by atoms with Gasteiger partial charge in [-0.15, -0.1) is 0 Å². The highest BCUT2D eigenvalue weighted by Crippen LogP contribution is 2.36. The van der Waals surface area contributed by atoms with Crippen LogP contribution in [-0.4, -0.2) is 11.7 Å². The van der Waals surface area contributed by atoms with Crippen molar-refractivity contribution in [1.82, 2.24) is 0 Å². The SMILES string of the molecule is Cc1ccc(Cl)c(Nc2ccccc2/C=C2/CCOC2=S)c1Cl. The summed E-state index contributed by atoms with van der Waals surface area (Å²) < 4.78 is 5.35. The lowest BCUT2D eigenvalue weighted by Gasteiger charge is -2.14. The molecule has 2 aromatic rings. The molecule has 1 fully saturated rings. The summed E-state index contributed by atoms with van der Waals surface area (Å²) in [5, 5.41) is 5.13. The number of para-hydroxylation sites is 1. The summed E-state index contributed by atoms with van der Waals surface area (Å²) in [7, 11) is 0. The second kappa shape index (κ2) is 6.91. The van der Waals surface area contributed by atoms with Gasteiger partial charge in [0.1, 0.15) is 0 Å². The fraction of sp³-hybridized carbons (Fsp3) is 0.167. The van der Waals surface area contributed by atoms with Gasteiger partial charge in [-0.1, -0.05) is 47.5 Å². The number of ether oxygens (including phenoxy) is 1. The summed E-state index contributed by atoms with van der Waals surface area (Å²) in [6.07, 6.45) is 2.88. The van der Waals surface area contributed by atoms with E-state index in [1.54, 1.807) is 0 Å². The van der Waals surface area contributed by atoms with Crippen LogP contribution in [0.15, 0.2) is 42.0 Å². The molecule has 2 aromatic carbocycles. The van der Waals surface area contributed by atoms with Gasteiger partial charge in [0.2, 0.25) is 0 Å². The van der Waals surface area contributed by atoms with Crippen LogP contribution in [0.1, 0.15) is 17.5 Å². The molecule has 23 heavy (non-hydrogen) atoms. The van der Waals surface area contributed by atoms with Crippen molar-refractivity contribution < 1.29 is 4.74 Å². The molecule has 1 aliphatic rings. The van der Waals surface area contributed by atoms with Crippen LogP contribution >= 0.6 is 35.4 Å². The van der Waals surface area contributed by atoms with E-state index in [1.807, 2.05) is 43.3 Å². The number of halogens is 2. The number of hydrogen-bond donors (Lipinski definition) is 1. The van der Waals surface area contributed by atoms with Gasteiger partial charge < -0.3 is 10.1 Å². The van der Waals surface area contributed by atoms with Crippen molar-refractivity contribution >= 4 is 57.9 Å². The minimum absolute atomic E-state index is 0.575. The number of benzene rings is 2. The van der Waals surface area contributed by atoms with Gasteiger partial charge in [0, 0.05) is 17.7 Å². The summed E-state index contributed by atoms with van der Waals surface area (Å²) in [6, 6.07) is 11.7. The zero-order chi connectivity index (χ0) is 16.4. The number of hydrogen-bond acceptors (Lipinski definition) is 3. The number of nitrogens with one attached hydrogen (secondary N) is 1. The van der Waals surface area contributed by atoms with Crippen LogP contribution in [0.5, 0.6) is 0 Å². The lowest BCUT2D eigenvalue weighted by atomic mass is 10.1. The minimum atomic E-state index is 0.575. The van der Waals surface area contributed by atoms with Crippen LogP contribution in [0, 0.1) is 6.92 Å². The molecule has 0 spiro atoms. The van der Waals surface area contributed by atoms with E-state index in [0.29, 0.717) is 27.4 Å². The first kappa shape index (κ1) is 16.3. The third kappa shape index (κ3) is 3.52. The van der Waals surface area contributed by atoms with Crippen LogP contribution in [0.25, 0.3) is 6.08 Å². The van der Waals surface area contributed by atoms with Crippen molar-refractivity contribution in [3.05, 3.63) is 63.1 Å². The Hall–Kier alpha value is -1.55. The zero-order valence-electron chi connectivity index (χ0n) is 12.5. The van der Waals surface area contributed by atoms with E-state index in [1.165, 1.54) is 0 Å².